The van der Waals surface area contributed by atoms with E-state index in [4.69, 9.17) is 9.47 Å². The van der Waals surface area contributed by atoms with Gasteiger partial charge in [-0.2, -0.15) is 5.10 Å². The van der Waals surface area contributed by atoms with Crippen LogP contribution in [0.25, 0.3) is 0 Å². The molecule has 0 spiro atoms. The highest BCUT2D eigenvalue weighted by Crippen LogP contribution is 2.17. The van der Waals surface area contributed by atoms with Gasteiger partial charge in [0.1, 0.15) is 12.3 Å². The van der Waals surface area contributed by atoms with Crippen molar-refractivity contribution in [3.8, 4) is 5.75 Å². The zero-order valence-electron chi connectivity index (χ0n) is 20.3. The van der Waals surface area contributed by atoms with Crippen molar-refractivity contribution in [3.05, 3.63) is 83.7 Å². The average molecular weight is 477 g/mol. The lowest BCUT2D eigenvalue weighted by molar-refractivity contribution is -0.131. The Balaban J connectivity index is 1.49. The molecule has 0 bridgehead atoms. The van der Waals surface area contributed by atoms with Crippen LogP contribution in [0, 0.1) is 0 Å². The highest BCUT2D eigenvalue weighted by molar-refractivity contribution is 5.96. The summed E-state index contributed by atoms with van der Waals surface area (Å²) in [6.07, 6.45) is 3.69. The highest BCUT2D eigenvalue weighted by Gasteiger charge is 2.31. The molecule has 1 aromatic heterocycles. The number of hydrogen-bond donors (Lipinski definition) is 0. The molecule has 184 valence electrons. The summed E-state index contributed by atoms with van der Waals surface area (Å²) < 4.78 is 13.3. The van der Waals surface area contributed by atoms with E-state index in [1.54, 1.807) is 29.1 Å². The van der Waals surface area contributed by atoms with Gasteiger partial charge in [0.25, 0.3) is 5.91 Å². The standard InChI is InChI=1S/C27H32N4O4/c1-3-31-16-23(15-28-31)27(33)30-18-25(35-20-22-10-7-11-24(14-22)34-2)17-29(26(32)19-30)13-12-21-8-5-4-6-9-21/h4-11,14-16,25H,3,12-13,17-20H2,1-2H3/t25-/m0/s1. The molecule has 1 atom stereocenters. The van der Waals surface area contributed by atoms with Gasteiger partial charge in [0, 0.05) is 32.4 Å². The second kappa shape index (κ2) is 11.7. The Kier molecular flexibility index (Phi) is 8.15. The minimum atomic E-state index is -0.325. The van der Waals surface area contributed by atoms with Gasteiger partial charge in [-0.3, -0.25) is 14.3 Å². The van der Waals surface area contributed by atoms with Crippen molar-refractivity contribution in [2.24, 2.45) is 0 Å². The van der Waals surface area contributed by atoms with Crippen molar-refractivity contribution < 1.29 is 19.1 Å². The Morgan fingerprint density at radius 2 is 1.89 bits per heavy atom. The minimum absolute atomic E-state index is 0.0178. The Morgan fingerprint density at radius 1 is 1.09 bits per heavy atom. The SMILES string of the molecule is CCn1cc(C(=O)N2CC(=O)N(CCc3ccccc3)C[C@H](OCc3cccc(OC)c3)C2)cn1. The lowest BCUT2D eigenvalue weighted by atomic mass is 10.1. The van der Waals surface area contributed by atoms with Crippen LogP contribution < -0.4 is 4.74 Å². The number of aromatic nitrogens is 2. The highest BCUT2D eigenvalue weighted by atomic mass is 16.5. The summed E-state index contributed by atoms with van der Waals surface area (Å²) in [6.45, 7) is 4.33. The second-order valence-corrected chi connectivity index (χ2v) is 8.63. The Hall–Kier alpha value is -3.65. The zero-order chi connectivity index (χ0) is 24.6. The Labute approximate surface area is 206 Å². The lowest BCUT2D eigenvalue weighted by Crippen LogP contribution is -2.40. The number of carbonyl (C=O) groups is 2. The van der Waals surface area contributed by atoms with Crippen molar-refractivity contribution in [1.82, 2.24) is 19.6 Å². The number of hydrogen-bond acceptors (Lipinski definition) is 5. The van der Waals surface area contributed by atoms with E-state index >= 15 is 0 Å². The van der Waals surface area contributed by atoms with Crippen LogP contribution in [0.4, 0.5) is 0 Å². The third-order valence-corrected chi connectivity index (χ3v) is 6.15. The molecule has 1 aliphatic rings. The van der Waals surface area contributed by atoms with E-state index in [9.17, 15) is 9.59 Å². The Morgan fingerprint density at radius 3 is 2.63 bits per heavy atom. The quantitative estimate of drug-likeness (QED) is 0.475. The van der Waals surface area contributed by atoms with Crippen molar-refractivity contribution in [2.75, 3.05) is 33.3 Å². The van der Waals surface area contributed by atoms with E-state index in [-0.39, 0.29) is 24.5 Å². The second-order valence-electron chi connectivity index (χ2n) is 8.63. The summed E-state index contributed by atoms with van der Waals surface area (Å²) in [5, 5.41) is 4.21. The predicted molar refractivity (Wildman–Crippen MR) is 132 cm³/mol. The lowest BCUT2D eigenvalue weighted by Gasteiger charge is -2.25. The van der Waals surface area contributed by atoms with Crippen LogP contribution >= 0.6 is 0 Å². The van der Waals surface area contributed by atoms with Gasteiger partial charge < -0.3 is 19.3 Å². The van der Waals surface area contributed by atoms with E-state index in [0.29, 0.717) is 38.3 Å². The topological polar surface area (TPSA) is 76.9 Å². The zero-order valence-corrected chi connectivity index (χ0v) is 20.3. The molecule has 2 heterocycles. The molecule has 0 radical (unpaired) electrons. The van der Waals surface area contributed by atoms with Crippen LogP contribution in [0.1, 0.15) is 28.4 Å². The van der Waals surface area contributed by atoms with Gasteiger partial charge in [0.15, 0.2) is 0 Å². The third kappa shape index (κ3) is 6.48. The van der Waals surface area contributed by atoms with Crippen LogP contribution in [-0.4, -0.2) is 70.8 Å². The molecule has 0 saturated carbocycles. The number of nitrogens with zero attached hydrogens (tertiary/aromatic N) is 4. The van der Waals surface area contributed by atoms with Crippen molar-refractivity contribution in [3.63, 3.8) is 0 Å². The van der Waals surface area contributed by atoms with Gasteiger partial charge in [0.2, 0.25) is 5.91 Å². The first-order valence-electron chi connectivity index (χ1n) is 11.9. The van der Waals surface area contributed by atoms with Gasteiger partial charge in [-0.05, 0) is 36.6 Å². The van der Waals surface area contributed by atoms with Gasteiger partial charge >= 0.3 is 0 Å². The number of carbonyl (C=O) groups excluding carboxylic acids is 2. The first kappa shape index (κ1) is 24.5. The fourth-order valence-electron chi connectivity index (χ4n) is 4.17. The molecule has 2 aromatic carbocycles. The van der Waals surface area contributed by atoms with Crippen molar-refractivity contribution >= 4 is 11.8 Å². The normalized spacial score (nSPS) is 16.3. The number of methoxy groups -OCH3 is 1. The van der Waals surface area contributed by atoms with Gasteiger partial charge in [0.05, 0.1) is 31.6 Å². The smallest absolute Gasteiger partial charge is 0.257 e. The number of ether oxygens (including phenoxy) is 2. The maximum absolute atomic E-state index is 13.2. The number of amides is 2. The van der Waals surface area contributed by atoms with E-state index in [1.807, 2.05) is 54.3 Å². The van der Waals surface area contributed by atoms with Crippen LogP contribution in [0.3, 0.4) is 0 Å². The predicted octanol–water partition coefficient (Wildman–Crippen LogP) is 3.02. The van der Waals surface area contributed by atoms with Crippen molar-refractivity contribution in [2.45, 2.75) is 32.6 Å². The third-order valence-electron chi connectivity index (χ3n) is 6.15. The monoisotopic (exact) mass is 476 g/mol. The molecule has 8 nitrogen and oxygen atoms in total. The van der Waals surface area contributed by atoms with E-state index in [2.05, 4.69) is 17.2 Å². The van der Waals surface area contributed by atoms with Gasteiger partial charge in [-0.15, -0.1) is 0 Å². The molecule has 35 heavy (non-hydrogen) atoms. The molecule has 2 amide bonds. The minimum Gasteiger partial charge on any atom is -0.497 e. The number of benzene rings is 2. The number of rotatable bonds is 9. The fraction of sp³-hybridized carbons (Fsp3) is 0.370. The maximum atomic E-state index is 13.2. The average Bonchev–Trinajstić information content (AvgIpc) is 3.32. The molecule has 3 aromatic rings. The summed E-state index contributed by atoms with van der Waals surface area (Å²) in [7, 11) is 1.63. The van der Waals surface area contributed by atoms with Gasteiger partial charge in [-0.25, -0.2) is 0 Å². The number of aryl methyl sites for hydroxylation is 1. The molecular weight excluding hydrogens is 444 g/mol. The summed E-state index contributed by atoms with van der Waals surface area (Å²) in [5.41, 5.74) is 2.61. The van der Waals surface area contributed by atoms with Crippen LogP contribution in [0.15, 0.2) is 67.0 Å². The summed E-state index contributed by atoms with van der Waals surface area (Å²) in [5.74, 6) is 0.471. The van der Waals surface area contributed by atoms with E-state index < -0.39 is 0 Å². The van der Waals surface area contributed by atoms with Crippen LogP contribution in [-0.2, 0) is 29.1 Å². The molecule has 1 saturated heterocycles. The summed E-state index contributed by atoms with van der Waals surface area (Å²) >= 11 is 0. The molecule has 8 heteroatoms. The molecule has 4 rings (SSSR count). The molecule has 0 aliphatic carbocycles. The Bertz CT molecular complexity index is 1130. The maximum Gasteiger partial charge on any atom is 0.257 e. The summed E-state index contributed by atoms with van der Waals surface area (Å²) in [4.78, 5) is 29.8. The molecule has 0 unspecified atom stereocenters. The van der Waals surface area contributed by atoms with Crippen LogP contribution in [0.2, 0.25) is 0 Å². The first-order chi connectivity index (χ1) is 17.1. The fourth-order valence-corrected chi connectivity index (χ4v) is 4.17. The molecule has 1 aliphatic heterocycles. The van der Waals surface area contributed by atoms with E-state index in [1.165, 1.54) is 5.56 Å². The largest absolute Gasteiger partial charge is 0.497 e. The van der Waals surface area contributed by atoms with Crippen molar-refractivity contribution in [1.29, 1.82) is 0 Å². The molecule has 1 fully saturated rings. The van der Waals surface area contributed by atoms with E-state index in [0.717, 1.165) is 17.7 Å². The molecular formula is C27H32N4O4. The van der Waals surface area contributed by atoms with Crippen LogP contribution in [0.5, 0.6) is 5.75 Å². The first-order valence-corrected chi connectivity index (χ1v) is 11.9. The molecule has 0 N–H and O–H groups in total. The summed E-state index contributed by atoms with van der Waals surface area (Å²) in [6, 6.07) is 17.8. The van der Waals surface area contributed by atoms with Gasteiger partial charge in [-0.1, -0.05) is 42.5 Å².